The zero-order valence-corrected chi connectivity index (χ0v) is 12.2. The molecule has 1 saturated carbocycles. The maximum atomic E-state index is 12.4. The molecule has 5 nitrogen and oxygen atoms in total. The number of aromatic nitrogens is 2. The summed E-state index contributed by atoms with van der Waals surface area (Å²) in [5, 5.41) is 11.7. The Balaban J connectivity index is 1.80. The summed E-state index contributed by atoms with van der Waals surface area (Å²) in [6, 6.07) is 1.99. The first-order chi connectivity index (χ1) is 9.66. The van der Waals surface area contributed by atoms with Crippen molar-refractivity contribution in [2.24, 2.45) is 5.92 Å². The van der Waals surface area contributed by atoms with Crippen LogP contribution in [0.5, 0.6) is 0 Å². The molecule has 0 saturated heterocycles. The molecule has 1 unspecified atom stereocenters. The number of nitrogens with one attached hydrogen (secondary N) is 1. The normalized spacial score (nSPS) is 17.4. The van der Waals surface area contributed by atoms with Crippen LogP contribution in [0.4, 0.5) is 5.69 Å². The van der Waals surface area contributed by atoms with E-state index in [2.05, 4.69) is 22.4 Å². The minimum atomic E-state index is -0.0927. The van der Waals surface area contributed by atoms with Crippen LogP contribution in [0, 0.1) is 5.92 Å². The standard InChI is InChI=1S/C14H18N4OS/c1-8(9-4-2-3-5-9)17-13(19)12-11(15)10-6-7-16-18-14(10)20-12/h6-9H,2-5,15H2,1H3,(H,17,19). The number of anilines is 1. The molecule has 0 bridgehead atoms. The van der Waals surface area contributed by atoms with Gasteiger partial charge < -0.3 is 11.1 Å². The van der Waals surface area contributed by atoms with Crippen molar-refractivity contribution in [2.45, 2.75) is 38.6 Å². The lowest BCUT2D eigenvalue weighted by Crippen LogP contribution is -2.37. The third-order valence-electron chi connectivity index (χ3n) is 4.09. The number of carbonyl (C=O) groups is 1. The molecule has 3 rings (SSSR count). The second-order valence-corrected chi connectivity index (χ2v) is 6.40. The molecule has 1 amide bonds. The lowest BCUT2D eigenvalue weighted by molar-refractivity contribution is 0.0932. The quantitative estimate of drug-likeness (QED) is 0.910. The van der Waals surface area contributed by atoms with Gasteiger partial charge in [0.15, 0.2) is 0 Å². The van der Waals surface area contributed by atoms with Crippen molar-refractivity contribution in [3.63, 3.8) is 0 Å². The van der Waals surface area contributed by atoms with Crippen molar-refractivity contribution >= 4 is 33.1 Å². The van der Waals surface area contributed by atoms with E-state index in [0.29, 0.717) is 21.3 Å². The van der Waals surface area contributed by atoms with Crippen LogP contribution in [-0.4, -0.2) is 22.1 Å². The lowest BCUT2D eigenvalue weighted by atomic mass is 10.00. The van der Waals surface area contributed by atoms with Gasteiger partial charge in [-0.1, -0.05) is 12.8 Å². The number of amides is 1. The summed E-state index contributed by atoms with van der Waals surface area (Å²) < 4.78 is 0. The van der Waals surface area contributed by atoms with Gasteiger partial charge in [-0.3, -0.25) is 4.79 Å². The Kier molecular flexibility index (Phi) is 3.56. The third-order valence-corrected chi connectivity index (χ3v) is 5.20. The molecule has 2 aromatic rings. The van der Waals surface area contributed by atoms with Crippen LogP contribution in [0.2, 0.25) is 0 Å². The third kappa shape index (κ3) is 2.35. The van der Waals surface area contributed by atoms with E-state index in [0.717, 1.165) is 5.39 Å². The number of rotatable bonds is 3. The van der Waals surface area contributed by atoms with Crippen LogP contribution in [0.1, 0.15) is 42.3 Å². The van der Waals surface area contributed by atoms with E-state index in [1.54, 1.807) is 12.3 Å². The van der Waals surface area contributed by atoms with E-state index in [1.165, 1.54) is 37.0 Å². The highest BCUT2D eigenvalue weighted by molar-refractivity contribution is 7.21. The van der Waals surface area contributed by atoms with E-state index < -0.39 is 0 Å². The molecule has 20 heavy (non-hydrogen) atoms. The number of nitrogens with two attached hydrogens (primary N) is 1. The second-order valence-electron chi connectivity index (χ2n) is 5.40. The van der Waals surface area contributed by atoms with Gasteiger partial charge in [0.05, 0.1) is 11.9 Å². The molecule has 6 heteroatoms. The molecule has 0 spiro atoms. The monoisotopic (exact) mass is 290 g/mol. The van der Waals surface area contributed by atoms with Gasteiger partial charge in [0, 0.05) is 11.4 Å². The molecule has 106 valence electrons. The SMILES string of the molecule is CC(NC(=O)c1sc2nnccc2c1N)C1CCCC1. The Hall–Kier alpha value is -1.69. The van der Waals surface area contributed by atoms with Crippen LogP contribution in [0.25, 0.3) is 10.2 Å². The van der Waals surface area contributed by atoms with Crippen molar-refractivity contribution in [3.8, 4) is 0 Å². The fourth-order valence-corrected chi connectivity index (χ4v) is 3.83. The first-order valence-electron chi connectivity index (χ1n) is 6.97. The number of hydrogen-bond acceptors (Lipinski definition) is 5. The highest BCUT2D eigenvalue weighted by Crippen LogP contribution is 2.32. The summed E-state index contributed by atoms with van der Waals surface area (Å²) in [6.45, 7) is 2.08. The Bertz CT molecular complexity index is 633. The molecule has 1 atom stereocenters. The Morgan fingerprint density at radius 1 is 1.50 bits per heavy atom. The molecule has 0 aromatic carbocycles. The molecule has 1 fully saturated rings. The van der Waals surface area contributed by atoms with Gasteiger partial charge in [-0.2, -0.15) is 5.10 Å². The van der Waals surface area contributed by atoms with Crippen molar-refractivity contribution in [1.29, 1.82) is 0 Å². The largest absolute Gasteiger partial charge is 0.397 e. The van der Waals surface area contributed by atoms with E-state index in [-0.39, 0.29) is 11.9 Å². The number of hydrogen-bond donors (Lipinski definition) is 2. The molecule has 0 radical (unpaired) electrons. The highest BCUT2D eigenvalue weighted by atomic mass is 32.1. The fourth-order valence-electron chi connectivity index (χ4n) is 2.89. The molecule has 0 aliphatic heterocycles. The first-order valence-corrected chi connectivity index (χ1v) is 7.79. The topological polar surface area (TPSA) is 80.9 Å². The molecular weight excluding hydrogens is 272 g/mol. The van der Waals surface area contributed by atoms with Crippen LogP contribution >= 0.6 is 11.3 Å². The van der Waals surface area contributed by atoms with Gasteiger partial charge in [-0.25, -0.2) is 0 Å². The summed E-state index contributed by atoms with van der Waals surface area (Å²) in [4.78, 5) is 13.6. The Morgan fingerprint density at radius 2 is 2.25 bits per heavy atom. The highest BCUT2D eigenvalue weighted by Gasteiger charge is 2.25. The predicted molar refractivity (Wildman–Crippen MR) is 80.7 cm³/mol. The maximum Gasteiger partial charge on any atom is 0.263 e. The molecular formula is C14H18N4OS. The average molecular weight is 290 g/mol. The van der Waals surface area contributed by atoms with Gasteiger partial charge in [-0.15, -0.1) is 16.4 Å². The molecule has 3 N–H and O–H groups in total. The van der Waals surface area contributed by atoms with E-state index in [1.807, 2.05) is 0 Å². The van der Waals surface area contributed by atoms with E-state index in [9.17, 15) is 4.79 Å². The Labute approximate surface area is 121 Å². The molecule has 2 aromatic heterocycles. The van der Waals surface area contributed by atoms with Crippen molar-refractivity contribution < 1.29 is 4.79 Å². The van der Waals surface area contributed by atoms with E-state index >= 15 is 0 Å². The van der Waals surface area contributed by atoms with Gasteiger partial charge in [0.2, 0.25) is 0 Å². The van der Waals surface area contributed by atoms with Crippen LogP contribution in [0.15, 0.2) is 12.3 Å². The summed E-state index contributed by atoms with van der Waals surface area (Å²) >= 11 is 1.31. The average Bonchev–Trinajstić information content (AvgIpc) is 3.07. The van der Waals surface area contributed by atoms with E-state index in [4.69, 9.17) is 5.73 Å². The number of nitrogen functional groups attached to an aromatic ring is 1. The number of thiophene rings is 1. The van der Waals surface area contributed by atoms with Crippen LogP contribution in [0.3, 0.4) is 0 Å². The summed E-state index contributed by atoms with van der Waals surface area (Å²) in [5.74, 6) is 0.499. The number of nitrogens with zero attached hydrogens (tertiary/aromatic N) is 2. The first kappa shape index (κ1) is 13.3. The fraction of sp³-hybridized carbons (Fsp3) is 0.500. The summed E-state index contributed by atoms with van der Waals surface area (Å²) in [7, 11) is 0. The second kappa shape index (κ2) is 5.36. The minimum Gasteiger partial charge on any atom is -0.397 e. The zero-order valence-electron chi connectivity index (χ0n) is 11.4. The lowest BCUT2D eigenvalue weighted by Gasteiger charge is -2.20. The summed E-state index contributed by atoms with van der Waals surface area (Å²) in [5.41, 5.74) is 6.56. The summed E-state index contributed by atoms with van der Waals surface area (Å²) in [6.07, 6.45) is 6.54. The van der Waals surface area contributed by atoms with Gasteiger partial charge in [0.25, 0.3) is 5.91 Å². The van der Waals surface area contributed by atoms with Crippen LogP contribution < -0.4 is 11.1 Å². The molecule has 1 aliphatic rings. The molecule has 1 aliphatic carbocycles. The number of carbonyl (C=O) groups excluding carboxylic acids is 1. The van der Waals surface area contributed by atoms with Gasteiger partial charge in [-0.05, 0) is 31.7 Å². The van der Waals surface area contributed by atoms with Crippen molar-refractivity contribution in [2.75, 3.05) is 5.73 Å². The Morgan fingerprint density at radius 3 is 2.95 bits per heavy atom. The smallest absolute Gasteiger partial charge is 0.263 e. The van der Waals surface area contributed by atoms with Gasteiger partial charge in [0.1, 0.15) is 9.71 Å². The van der Waals surface area contributed by atoms with Crippen LogP contribution in [-0.2, 0) is 0 Å². The predicted octanol–water partition coefficient (Wildman–Crippen LogP) is 2.58. The number of fused-ring (bicyclic) bond motifs is 1. The minimum absolute atomic E-state index is 0.0927. The van der Waals surface area contributed by atoms with Gasteiger partial charge >= 0.3 is 0 Å². The van der Waals surface area contributed by atoms with Crippen molar-refractivity contribution in [1.82, 2.24) is 15.5 Å². The maximum absolute atomic E-state index is 12.4. The zero-order chi connectivity index (χ0) is 14.1. The van der Waals surface area contributed by atoms with Crippen molar-refractivity contribution in [3.05, 3.63) is 17.1 Å². The molecule has 2 heterocycles.